The molecule has 0 saturated carbocycles. The van der Waals surface area contributed by atoms with Crippen LogP contribution in [0.3, 0.4) is 0 Å². The zero-order valence-electron chi connectivity index (χ0n) is 22.0. The van der Waals surface area contributed by atoms with E-state index >= 15 is 0 Å². The molecular formula is C29H33Cl2N3O4S. The average Bonchev–Trinajstić information content (AvgIpc) is 2.91. The lowest BCUT2D eigenvalue weighted by atomic mass is 10.0. The Morgan fingerprint density at radius 2 is 1.54 bits per heavy atom. The fourth-order valence-corrected chi connectivity index (χ4v) is 5.27. The van der Waals surface area contributed by atoms with Crippen molar-refractivity contribution >= 4 is 50.7 Å². The monoisotopic (exact) mass is 589 g/mol. The van der Waals surface area contributed by atoms with E-state index in [0.717, 1.165) is 29.0 Å². The number of hydrogen-bond acceptors (Lipinski definition) is 4. The minimum atomic E-state index is -3.81. The van der Waals surface area contributed by atoms with E-state index in [1.54, 1.807) is 48.5 Å². The molecule has 3 aromatic carbocycles. The summed E-state index contributed by atoms with van der Waals surface area (Å²) in [5.74, 6) is -0.840. The fourth-order valence-electron chi connectivity index (χ4n) is 4.10. The van der Waals surface area contributed by atoms with Gasteiger partial charge in [0, 0.05) is 19.5 Å². The second-order valence-electron chi connectivity index (χ2n) is 9.23. The third-order valence-electron chi connectivity index (χ3n) is 6.16. The molecule has 7 nitrogen and oxygen atoms in total. The van der Waals surface area contributed by atoms with Gasteiger partial charge in [0.1, 0.15) is 12.6 Å². The molecule has 208 valence electrons. The van der Waals surface area contributed by atoms with Crippen LogP contribution in [0.4, 0.5) is 5.69 Å². The number of sulfonamides is 1. The third-order valence-corrected chi connectivity index (χ3v) is 8.04. The summed E-state index contributed by atoms with van der Waals surface area (Å²) in [6.07, 6.45) is 2.99. The van der Waals surface area contributed by atoms with Crippen LogP contribution in [0.5, 0.6) is 0 Å². The van der Waals surface area contributed by atoms with Crippen LogP contribution in [0.15, 0.2) is 78.9 Å². The van der Waals surface area contributed by atoms with Crippen LogP contribution >= 0.6 is 23.2 Å². The van der Waals surface area contributed by atoms with Crippen molar-refractivity contribution in [2.75, 3.05) is 23.7 Å². The molecule has 10 heteroatoms. The van der Waals surface area contributed by atoms with Crippen molar-refractivity contribution in [3.63, 3.8) is 0 Å². The van der Waals surface area contributed by atoms with Gasteiger partial charge in [0.2, 0.25) is 21.8 Å². The lowest BCUT2D eigenvalue weighted by molar-refractivity contribution is -0.140. The van der Waals surface area contributed by atoms with Crippen molar-refractivity contribution in [3.05, 3.63) is 100 Å². The molecule has 1 atom stereocenters. The van der Waals surface area contributed by atoms with Gasteiger partial charge in [-0.2, -0.15) is 0 Å². The van der Waals surface area contributed by atoms with E-state index in [0.29, 0.717) is 27.8 Å². The third kappa shape index (κ3) is 8.98. The van der Waals surface area contributed by atoms with Gasteiger partial charge in [-0.1, -0.05) is 91.1 Å². The number of rotatable bonds is 13. The van der Waals surface area contributed by atoms with Crippen LogP contribution in [0.1, 0.15) is 30.9 Å². The molecule has 0 fully saturated rings. The highest BCUT2D eigenvalue weighted by Crippen LogP contribution is 2.25. The molecule has 0 aromatic heterocycles. The summed E-state index contributed by atoms with van der Waals surface area (Å²) in [7, 11) is -3.81. The van der Waals surface area contributed by atoms with E-state index in [1.807, 2.05) is 37.3 Å². The fraction of sp³-hybridized carbons (Fsp3) is 0.310. The van der Waals surface area contributed by atoms with Gasteiger partial charge < -0.3 is 10.2 Å². The number of nitrogens with one attached hydrogen (secondary N) is 1. The normalized spacial score (nSPS) is 12.0. The van der Waals surface area contributed by atoms with Crippen LogP contribution in [0, 0.1) is 0 Å². The number of hydrogen-bond donors (Lipinski definition) is 1. The van der Waals surface area contributed by atoms with Crippen molar-refractivity contribution in [1.29, 1.82) is 0 Å². The molecule has 0 aliphatic carbocycles. The van der Waals surface area contributed by atoms with E-state index in [2.05, 4.69) is 5.32 Å². The molecule has 1 N–H and O–H groups in total. The van der Waals surface area contributed by atoms with Crippen molar-refractivity contribution < 1.29 is 18.0 Å². The molecule has 0 bridgehead atoms. The second kappa shape index (κ2) is 14.4. The first-order valence-electron chi connectivity index (χ1n) is 12.7. The Bertz CT molecular complexity index is 1360. The molecule has 3 aromatic rings. The van der Waals surface area contributed by atoms with Crippen molar-refractivity contribution in [2.24, 2.45) is 0 Å². The van der Waals surface area contributed by atoms with E-state index in [9.17, 15) is 18.0 Å². The molecule has 0 spiro atoms. The zero-order chi connectivity index (χ0) is 28.4. The summed E-state index contributed by atoms with van der Waals surface area (Å²) >= 11 is 12.4. The number of carbonyl (C=O) groups is 2. The van der Waals surface area contributed by atoms with Crippen molar-refractivity contribution in [2.45, 2.75) is 38.8 Å². The van der Waals surface area contributed by atoms with E-state index in [4.69, 9.17) is 23.2 Å². The van der Waals surface area contributed by atoms with Gasteiger partial charge in [0.25, 0.3) is 0 Å². The summed E-state index contributed by atoms with van der Waals surface area (Å²) in [5.41, 5.74) is 1.88. The highest BCUT2D eigenvalue weighted by molar-refractivity contribution is 7.92. The minimum absolute atomic E-state index is 0.0286. The van der Waals surface area contributed by atoms with Gasteiger partial charge in [0.05, 0.1) is 22.0 Å². The largest absolute Gasteiger partial charge is 0.354 e. The SMILES string of the molecule is CCCCNC(=O)[C@@H](Cc1ccccc1)N(Cc1ccc(Cl)c(Cl)c1)C(=O)CN(c1ccccc1)S(C)(=O)=O. The second-order valence-corrected chi connectivity index (χ2v) is 11.9. The predicted molar refractivity (Wildman–Crippen MR) is 157 cm³/mol. The van der Waals surface area contributed by atoms with Gasteiger partial charge in [-0.3, -0.25) is 13.9 Å². The predicted octanol–water partition coefficient (Wildman–Crippen LogP) is 5.32. The maximum Gasteiger partial charge on any atom is 0.244 e. The van der Waals surface area contributed by atoms with Crippen LogP contribution in [-0.2, 0) is 32.6 Å². The lowest BCUT2D eigenvalue weighted by Crippen LogP contribution is -2.53. The zero-order valence-corrected chi connectivity index (χ0v) is 24.3. The first kappa shape index (κ1) is 30.5. The van der Waals surface area contributed by atoms with Gasteiger partial charge >= 0.3 is 0 Å². The van der Waals surface area contributed by atoms with Gasteiger partial charge in [-0.25, -0.2) is 8.42 Å². The summed E-state index contributed by atoms with van der Waals surface area (Å²) in [6, 6.07) is 21.9. The number of para-hydroxylation sites is 1. The van der Waals surface area contributed by atoms with E-state index in [1.165, 1.54) is 4.90 Å². The average molecular weight is 591 g/mol. The quantitative estimate of drug-likeness (QED) is 0.273. The maximum absolute atomic E-state index is 14.0. The first-order valence-corrected chi connectivity index (χ1v) is 15.3. The highest BCUT2D eigenvalue weighted by atomic mass is 35.5. The molecule has 0 heterocycles. The standard InChI is InChI=1S/C29H33Cl2N3O4S/c1-3-4-17-32-29(36)27(19-22-11-7-5-8-12-22)33(20-23-15-16-25(30)26(31)18-23)28(35)21-34(39(2,37)38)24-13-9-6-10-14-24/h5-16,18,27H,3-4,17,19-21H2,1-2H3,(H,32,36)/t27-/m1/s1. The number of unbranched alkanes of at least 4 members (excludes halogenated alkanes) is 1. The number of carbonyl (C=O) groups excluding carboxylic acids is 2. The minimum Gasteiger partial charge on any atom is -0.354 e. The van der Waals surface area contributed by atoms with Crippen LogP contribution in [0.2, 0.25) is 10.0 Å². The Balaban J connectivity index is 2.03. The molecule has 0 unspecified atom stereocenters. The summed E-state index contributed by atoms with van der Waals surface area (Å²) in [6.45, 7) is 2.05. The number of nitrogens with zero attached hydrogens (tertiary/aromatic N) is 2. The summed E-state index contributed by atoms with van der Waals surface area (Å²) in [4.78, 5) is 29.0. The Labute approximate surface area is 240 Å². The number of amides is 2. The molecule has 0 aliphatic heterocycles. The molecule has 39 heavy (non-hydrogen) atoms. The van der Waals surface area contributed by atoms with E-state index in [-0.39, 0.29) is 18.9 Å². The Morgan fingerprint density at radius 1 is 0.897 bits per heavy atom. The van der Waals surface area contributed by atoms with Crippen LogP contribution in [-0.4, -0.2) is 50.5 Å². The van der Waals surface area contributed by atoms with Gasteiger partial charge in [0.15, 0.2) is 0 Å². The molecule has 2 amide bonds. The lowest BCUT2D eigenvalue weighted by Gasteiger charge is -2.33. The number of anilines is 1. The number of halogens is 2. The Morgan fingerprint density at radius 3 is 2.13 bits per heavy atom. The molecular weight excluding hydrogens is 557 g/mol. The number of benzene rings is 3. The Kier molecular flexibility index (Phi) is 11.2. The first-order chi connectivity index (χ1) is 18.6. The maximum atomic E-state index is 14.0. The molecule has 0 saturated heterocycles. The topological polar surface area (TPSA) is 86.8 Å². The van der Waals surface area contributed by atoms with Crippen molar-refractivity contribution in [1.82, 2.24) is 10.2 Å². The molecule has 0 radical (unpaired) electrons. The van der Waals surface area contributed by atoms with Gasteiger partial charge in [-0.15, -0.1) is 0 Å². The highest BCUT2D eigenvalue weighted by Gasteiger charge is 2.33. The Hall–Kier alpha value is -3.07. The summed E-state index contributed by atoms with van der Waals surface area (Å²) < 4.78 is 26.5. The van der Waals surface area contributed by atoms with E-state index < -0.39 is 28.5 Å². The van der Waals surface area contributed by atoms with Crippen LogP contribution in [0.25, 0.3) is 0 Å². The smallest absolute Gasteiger partial charge is 0.244 e. The molecule has 0 aliphatic rings. The van der Waals surface area contributed by atoms with Gasteiger partial charge in [-0.05, 0) is 41.8 Å². The van der Waals surface area contributed by atoms with Crippen LogP contribution < -0.4 is 9.62 Å². The summed E-state index contributed by atoms with van der Waals surface area (Å²) in [5, 5.41) is 3.63. The van der Waals surface area contributed by atoms with Crippen molar-refractivity contribution in [3.8, 4) is 0 Å². The molecule has 3 rings (SSSR count).